The van der Waals surface area contributed by atoms with Crippen LogP contribution >= 0.6 is 0 Å². The van der Waals surface area contributed by atoms with Crippen molar-refractivity contribution in [3.8, 4) is 0 Å². The molecule has 0 radical (unpaired) electrons. The van der Waals surface area contributed by atoms with Crippen molar-refractivity contribution in [1.82, 2.24) is 5.32 Å². The van der Waals surface area contributed by atoms with Crippen LogP contribution in [-0.2, 0) is 4.79 Å². The van der Waals surface area contributed by atoms with E-state index in [0.29, 0.717) is 24.2 Å². The van der Waals surface area contributed by atoms with Crippen LogP contribution in [0.3, 0.4) is 0 Å². The van der Waals surface area contributed by atoms with E-state index >= 15 is 0 Å². The van der Waals surface area contributed by atoms with Gasteiger partial charge in [0, 0.05) is 19.1 Å². The smallest absolute Gasteiger partial charge is 0.223 e. The third kappa shape index (κ3) is 3.35. The van der Waals surface area contributed by atoms with Crippen LogP contribution < -0.4 is 5.32 Å². The monoisotopic (exact) mass is 389 g/mol. The Hall–Kier alpha value is -0.870. The minimum atomic E-state index is -0.279. The van der Waals surface area contributed by atoms with E-state index in [4.69, 9.17) is 0 Å². The number of amides is 1. The summed E-state index contributed by atoms with van der Waals surface area (Å²) in [5.41, 5.74) is 1.64. The molecule has 3 N–H and O–H groups in total. The predicted octanol–water partition coefficient (Wildman–Crippen LogP) is 3.67. The van der Waals surface area contributed by atoms with Crippen LogP contribution in [0.25, 0.3) is 0 Å². The fourth-order valence-corrected chi connectivity index (χ4v) is 7.17. The van der Waals surface area contributed by atoms with Gasteiger partial charge in [0.25, 0.3) is 0 Å². The van der Waals surface area contributed by atoms with E-state index in [2.05, 4.69) is 25.7 Å². The van der Waals surface area contributed by atoms with Gasteiger partial charge in [0.2, 0.25) is 5.91 Å². The molecule has 0 bridgehead atoms. The predicted molar refractivity (Wildman–Crippen MR) is 110 cm³/mol. The molecule has 4 aliphatic rings. The standard InChI is InChI=1S/C24H39NO3/c1-15-4-7-20-19(13-25-22(28)16-5-6-16)21(9-11-23(15,20)2)24(3)10-8-18(27)12-17(24)14-26/h16-21,26-27H,1,4-14H2,2-3H3,(H,25,28)/t17-,18+,19+,20+,21+,23-,24-/m1/s1. The highest BCUT2D eigenvalue weighted by Gasteiger charge is 2.56. The van der Waals surface area contributed by atoms with E-state index in [1.807, 2.05) is 0 Å². The summed E-state index contributed by atoms with van der Waals surface area (Å²) in [6.07, 6.45) is 8.92. The molecule has 28 heavy (non-hydrogen) atoms. The van der Waals surface area contributed by atoms with Crippen molar-refractivity contribution >= 4 is 5.91 Å². The zero-order chi connectivity index (χ0) is 20.1. The topological polar surface area (TPSA) is 69.6 Å². The van der Waals surface area contributed by atoms with E-state index in [1.54, 1.807) is 0 Å². The number of carbonyl (C=O) groups excluding carboxylic acids is 1. The van der Waals surface area contributed by atoms with Gasteiger partial charge in [-0.15, -0.1) is 0 Å². The summed E-state index contributed by atoms with van der Waals surface area (Å²) in [5, 5.41) is 23.6. The second-order valence-corrected chi connectivity index (χ2v) is 10.8. The number of aliphatic hydroxyl groups is 2. The summed E-state index contributed by atoms with van der Waals surface area (Å²) < 4.78 is 0. The maximum absolute atomic E-state index is 12.4. The molecular weight excluding hydrogens is 350 g/mol. The molecule has 4 nitrogen and oxygen atoms in total. The molecule has 4 rings (SSSR count). The molecule has 0 aliphatic heterocycles. The Balaban J connectivity index is 1.60. The molecular formula is C24H39NO3. The average Bonchev–Trinajstić information content (AvgIpc) is 3.47. The summed E-state index contributed by atoms with van der Waals surface area (Å²) in [6, 6.07) is 0. The highest BCUT2D eigenvalue weighted by molar-refractivity contribution is 5.80. The molecule has 0 aromatic heterocycles. The molecule has 4 saturated carbocycles. The first-order chi connectivity index (χ1) is 13.3. The minimum absolute atomic E-state index is 0.0359. The van der Waals surface area contributed by atoms with E-state index in [0.717, 1.165) is 45.1 Å². The second-order valence-electron chi connectivity index (χ2n) is 10.8. The Morgan fingerprint density at radius 2 is 1.89 bits per heavy atom. The van der Waals surface area contributed by atoms with Crippen LogP contribution in [0.2, 0.25) is 0 Å². The Bertz CT molecular complexity index is 629. The first-order valence-corrected chi connectivity index (χ1v) is 11.5. The Kier molecular flexibility index (Phi) is 5.41. The lowest BCUT2D eigenvalue weighted by Crippen LogP contribution is -2.53. The summed E-state index contributed by atoms with van der Waals surface area (Å²) in [4.78, 5) is 12.4. The summed E-state index contributed by atoms with van der Waals surface area (Å²) in [6.45, 7) is 10.1. The van der Waals surface area contributed by atoms with Crippen molar-refractivity contribution < 1.29 is 15.0 Å². The van der Waals surface area contributed by atoms with Gasteiger partial charge in [0.15, 0.2) is 0 Å². The van der Waals surface area contributed by atoms with Gasteiger partial charge in [-0.2, -0.15) is 0 Å². The molecule has 4 aliphatic carbocycles. The number of carbonyl (C=O) groups is 1. The van der Waals surface area contributed by atoms with Crippen molar-refractivity contribution in [2.75, 3.05) is 13.2 Å². The molecule has 0 heterocycles. The second kappa shape index (κ2) is 7.43. The minimum Gasteiger partial charge on any atom is -0.396 e. The van der Waals surface area contributed by atoms with E-state index in [1.165, 1.54) is 18.4 Å². The molecule has 0 aromatic rings. The third-order valence-electron chi connectivity index (χ3n) is 9.42. The lowest BCUT2D eigenvalue weighted by Gasteiger charge is -2.56. The molecule has 1 amide bonds. The van der Waals surface area contributed by atoms with E-state index < -0.39 is 0 Å². The maximum Gasteiger partial charge on any atom is 0.223 e. The molecule has 0 saturated heterocycles. The fourth-order valence-electron chi connectivity index (χ4n) is 7.17. The Morgan fingerprint density at radius 3 is 2.57 bits per heavy atom. The van der Waals surface area contributed by atoms with Crippen molar-refractivity contribution in [3.05, 3.63) is 12.2 Å². The number of fused-ring (bicyclic) bond motifs is 1. The largest absolute Gasteiger partial charge is 0.396 e. The highest BCUT2D eigenvalue weighted by atomic mass is 16.3. The molecule has 0 aromatic carbocycles. The van der Waals surface area contributed by atoms with Crippen molar-refractivity contribution in [2.24, 2.45) is 40.4 Å². The molecule has 158 valence electrons. The molecule has 7 atom stereocenters. The molecule has 4 heteroatoms. The van der Waals surface area contributed by atoms with Gasteiger partial charge in [-0.05, 0) is 92.3 Å². The summed E-state index contributed by atoms with van der Waals surface area (Å²) in [5.74, 6) is 2.14. The third-order valence-corrected chi connectivity index (χ3v) is 9.42. The van der Waals surface area contributed by atoms with Crippen molar-refractivity contribution in [2.45, 2.75) is 77.7 Å². The highest BCUT2D eigenvalue weighted by Crippen LogP contribution is 2.63. The lowest BCUT2D eigenvalue weighted by atomic mass is 9.49. The average molecular weight is 390 g/mol. The Labute approximate surface area is 170 Å². The van der Waals surface area contributed by atoms with Crippen LogP contribution in [0.1, 0.15) is 71.6 Å². The van der Waals surface area contributed by atoms with Crippen molar-refractivity contribution in [1.29, 1.82) is 0 Å². The van der Waals surface area contributed by atoms with Gasteiger partial charge < -0.3 is 15.5 Å². The van der Waals surface area contributed by atoms with Crippen LogP contribution in [0, 0.1) is 40.4 Å². The molecule has 0 unspecified atom stereocenters. The van der Waals surface area contributed by atoms with Crippen molar-refractivity contribution in [3.63, 3.8) is 0 Å². The number of aliphatic hydroxyl groups excluding tert-OH is 2. The lowest BCUT2D eigenvalue weighted by molar-refractivity contribution is -0.124. The number of hydrogen-bond acceptors (Lipinski definition) is 3. The van der Waals surface area contributed by atoms with E-state index in [9.17, 15) is 15.0 Å². The van der Waals surface area contributed by atoms with Gasteiger partial charge in [-0.3, -0.25) is 4.79 Å². The molecule has 0 spiro atoms. The first kappa shape index (κ1) is 20.4. The van der Waals surface area contributed by atoms with Gasteiger partial charge in [-0.25, -0.2) is 0 Å². The Morgan fingerprint density at radius 1 is 1.14 bits per heavy atom. The van der Waals surface area contributed by atoms with Crippen LogP contribution in [-0.4, -0.2) is 35.4 Å². The van der Waals surface area contributed by atoms with Gasteiger partial charge in [0.05, 0.1) is 6.10 Å². The number of nitrogens with one attached hydrogen (secondary N) is 1. The zero-order valence-electron chi connectivity index (χ0n) is 17.8. The van der Waals surface area contributed by atoms with Crippen LogP contribution in [0.5, 0.6) is 0 Å². The zero-order valence-corrected chi connectivity index (χ0v) is 17.8. The number of hydrogen-bond donors (Lipinski definition) is 3. The van der Waals surface area contributed by atoms with Gasteiger partial charge in [0.1, 0.15) is 0 Å². The normalized spacial score (nSPS) is 46.3. The van der Waals surface area contributed by atoms with E-state index in [-0.39, 0.29) is 41.3 Å². The maximum atomic E-state index is 12.4. The van der Waals surface area contributed by atoms with Gasteiger partial charge in [-0.1, -0.05) is 26.0 Å². The summed E-state index contributed by atoms with van der Waals surface area (Å²) >= 11 is 0. The van der Waals surface area contributed by atoms with Gasteiger partial charge >= 0.3 is 0 Å². The summed E-state index contributed by atoms with van der Waals surface area (Å²) in [7, 11) is 0. The van der Waals surface area contributed by atoms with Crippen LogP contribution in [0.15, 0.2) is 12.2 Å². The number of allylic oxidation sites excluding steroid dienone is 1. The fraction of sp³-hybridized carbons (Fsp3) is 0.875. The quantitative estimate of drug-likeness (QED) is 0.628. The SMILES string of the molecule is C=C1CC[C@H]2[C@H](CNC(=O)C3CC3)[C@@H]([C@]3(C)CC[C@H](O)C[C@@H]3CO)CC[C@]12C. The first-order valence-electron chi connectivity index (χ1n) is 11.5. The number of rotatable bonds is 5. The molecule has 4 fully saturated rings. The van der Waals surface area contributed by atoms with Crippen LogP contribution in [0.4, 0.5) is 0 Å².